The summed E-state index contributed by atoms with van der Waals surface area (Å²) in [6.07, 6.45) is 1.77. The van der Waals surface area contributed by atoms with Gasteiger partial charge in [0, 0.05) is 48.6 Å². The van der Waals surface area contributed by atoms with Crippen molar-refractivity contribution in [2.45, 2.75) is 6.92 Å². The molecule has 0 unspecified atom stereocenters. The normalized spacial score (nSPS) is 15.4. The highest BCUT2D eigenvalue weighted by Gasteiger charge is 2.20. The SMILES string of the molecule is Cc1cnc(Cl)nc1N1CCN(c2ccc(Cl)cc2)CC1. The molecule has 0 bridgehead atoms. The number of aryl methyl sites for hydroxylation is 1. The van der Waals surface area contributed by atoms with Gasteiger partial charge in [0.25, 0.3) is 0 Å². The zero-order chi connectivity index (χ0) is 14.8. The van der Waals surface area contributed by atoms with Crippen molar-refractivity contribution in [1.29, 1.82) is 0 Å². The van der Waals surface area contributed by atoms with E-state index in [1.807, 2.05) is 19.1 Å². The Hall–Kier alpha value is -1.52. The van der Waals surface area contributed by atoms with Crippen molar-refractivity contribution >= 4 is 34.7 Å². The molecule has 0 aliphatic carbocycles. The first-order valence-corrected chi connectivity index (χ1v) is 7.64. The fourth-order valence-corrected chi connectivity index (χ4v) is 2.82. The molecular weight excluding hydrogens is 307 g/mol. The molecule has 0 amide bonds. The minimum Gasteiger partial charge on any atom is -0.368 e. The molecule has 3 rings (SSSR count). The van der Waals surface area contributed by atoms with Gasteiger partial charge in [-0.1, -0.05) is 11.6 Å². The van der Waals surface area contributed by atoms with Gasteiger partial charge >= 0.3 is 0 Å². The van der Waals surface area contributed by atoms with Crippen molar-refractivity contribution in [3.05, 3.63) is 46.3 Å². The van der Waals surface area contributed by atoms with Crippen LogP contribution in [-0.4, -0.2) is 36.1 Å². The topological polar surface area (TPSA) is 32.3 Å². The van der Waals surface area contributed by atoms with Crippen LogP contribution in [0.5, 0.6) is 0 Å². The molecule has 0 N–H and O–H groups in total. The maximum Gasteiger partial charge on any atom is 0.224 e. The van der Waals surface area contributed by atoms with Gasteiger partial charge in [0.15, 0.2) is 0 Å². The summed E-state index contributed by atoms with van der Waals surface area (Å²) in [6, 6.07) is 7.98. The summed E-state index contributed by atoms with van der Waals surface area (Å²) in [5.74, 6) is 0.936. The average Bonchev–Trinajstić information content (AvgIpc) is 2.51. The van der Waals surface area contributed by atoms with Crippen LogP contribution in [0, 0.1) is 6.92 Å². The Labute approximate surface area is 134 Å². The van der Waals surface area contributed by atoms with Crippen LogP contribution in [0.3, 0.4) is 0 Å². The highest BCUT2D eigenvalue weighted by atomic mass is 35.5. The van der Waals surface area contributed by atoms with Gasteiger partial charge in [-0.2, -0.15) is 0 Å². The van der Waals surface area contributed by atoms with E-state index in [9.17, 15) is 0 Å². The number of hydrogen-bond donors (Lipinski definition) is 0. The average molecular weight is 323 g/mol. The van der Waals surface area contributed by atoms with Gasteiger partial charge in [-0.05, 0) is 42.8 Å². The van der Waals surface area contributed by atoms with Crippen molar-refractivity contribution in [3.63, 3.8) is 0 Å². The van der Waals surface area contributed by atoms with Crippen LogP contribution in [0.2, 0.25) is 10.3 Å². The van der Waals surface area contributed by atoms with Gasteiger partial charge in [0.1, 0.15) is 5.82 Å². The van der Waals surface area contributed by atoms with Crippen LogP contribution in [0.1, 0.15) is 5.56 Å². The molecule has 110 valence electrons. The second kappa shape index (κ2) is 6.08. The van der Waals surface area contributed by atoms with E-state index in [2.05, 4.69) is 31.9 Å². The molecule has 2 aromatic rings. The number of benzene rings is 1. The van der Waals surface area contributed by atoms with Gasteiger partial charge in [0.2, 0.25) is 5.28 Å². The van der Waals surface area contributed by atoms with Gasteiger partial charge in [-0.3, -0.25) is 0 Å². The highest BCUT2D eigenvalue weighted by molar-refractivity contribution is 6.30. The largest absolute Gasteiger partial charge is 0.368 e. The third kappa shape index (κ3) is 3.22. The predicted molar refractivity (Wildman–Crippen MR) is 87.7 cm³/mol. The molecule has 1 aliphatic heterocycles. The zero-order valence-electron chi connectivity index (χ0n) is 11.8. The maximum atomic E-state index is 5.93. The van der Waals surface area contributed by atoms with E-state index in [4.69, 9.17) is 23.2 Å². The molecule has 1 aromatic carbocycles. The molecule has 1 fully saturated rings. The van der Waals surface area contributed by atoms with E-state index in [1.165, 1.54) is 5.69 Å². The number of nitrogens with zero attached hydrogens (tertiary/aromatic N) is 4. The van der Waals surface area contributed by atoms with Crippen LogP contribution >= 0.6 is 23.2 Å². The molecule has 21 heavy (non-hydrogen) atoms. The molecule has 2 heterocycles. The van der Waals surface area contributed by atoms with E-state index >= 15 is 0 Å². The lowest BCUT2D eigenvalue weighted by Gasteiger charge is -2.37. The first-order valence-electron chi connectivity index (χ1n) is 6.88. The predicted octanol–water partition coefficient (Wildman–Crippen LogP) is 3.42. The standard InChI is InChI=1S/C15H16Cl2N4/c1-11-10-18-15(17)19-14(11)21-8-6-20(7-9-21)13-4-2-12(16)3-5-13/h2-5,10H,6-9H2,1H3. The molecule has 0 spiro atoms. The molecule has 4 nitrogen and oxygen atoms in total. The first-order chi connectivity index (χ1) is 10.1. The monoisotopic (exact) mass is 322 g/mol. The van der Waals surface area contributed by atoms with Gasteiger partial charge in [-0.25, -0.2) is 9.97 Å². The van der Waals surface area contributed by atoms with Gasteiger partial charge in [0.05, 0.1) is 0 Å². The molecule has 1 saturated heterocycles. The van der Waals surface area contributed by atoms with Crippen LogP contribution < -0.4 is 9.80 Å². The number of halogens is 2. The summed E-state index contributed by atoms with van der Waals surface area (Å²) in [5.41, 5.74) is 2.26. The molecule has 0 saturated carbocycles. The van der Waals surface area contributed by atoms with Crippen molar-refractivity contribution in [3.8, 4) is 0 Å². The zero-order valence-corrected chi connectivity index (χ0v) is 13.3. The lowest BCUT2D eigenvalue weighted by atomic mass is 10.2. The number of hydrogen-bond acceptors (Lipinski definition) is 4. The molecular formula is C15H16Cl2N4. The summed E-state index contributed by atoms with van der Waals surface area (Å²) < 4.78 is 0. The third-order valence-corrected chi connectivity index (χ3v) is 4.12. The summed E-state index contributed by atoms with van der Waals surface area (Å²) >= 11 is 11.8. The van der Waals surface area contributed by atoms with Crippen LogP contribution in [0.4, 0.5) is 11.5 Å². The Balaban J connectivity index is 1.70. The van der Waals surface area contributed by atoms with Crippen molar-refractivity contribution in [2.24, 2.45) is 0 Å². The molecule has 0 radical (unpaired) electrons. The Morgan fingerprint density at radius 3 is 2.24 bits per heavy atom. The number of aromatic nitrogens is 2. The van der Waals surface area contributed by atoms with E-state index in [0.717, 1.165) is 42.6 Å². The van der Waals surface area contributed by atoms with Crippen molar-refractivity contribution < 1.29 is 0 Å². The Morgan fingerprint density at radius 1 is 0.952 bits per heavy atom. The van der Waals surface area contributed by atoms with Crippen molar-refractivity contribution in [1.82, 2.24) is 9.97 Å². The second-order valence-corrected chi connectivity index (χ2v) is 5.87. The summed E-state index contributed by atoms with van der Waals surface area (Å²) in [5, 5.41) is 1.07. The van der Waals surface area contributed by atoms with Crippen LogP contribution in [0.25, 0.3) is 0 Å². The minimum atomic E-state index is 0.302. The first kappa shape index (κ1) is 14.4. The number of anilines is 2. The quantitative estimate of drug-likeness (QED) is 0.793. The molecule has 1 aromatic heterocycles. The number of piperazine rings is 1. The second-order valence-electron chi connectivity index (χ2n) is 5.10. The fraction of sp³-hybridized carbons (Fsp3) is 0.333. The van der Waals surface area contributed by atoms with Crippen molar-refractivity contribution in [2.75, 3.05) is 36.0 Å². The smallest absolute Gasteiger partial charge is 0.224 e. The number of rotatable bonds is 2. The van der Waals surface area contributed by atoms with E-state index < -0.39 is 0 Å². The lowest BCUT2D eigenvalue weighted by Crippen LogP contribution is -2.47. The third-order valence-electron chi connectivity index (χ3n) is 3.69. The van der Waals surface area contributed by atoms with Crippen LogP contribution in [-0.2, 0) is 0 Å². The Kier molecular flexibility index (Phi) is 4.17. The van der Waals surface area contributed by atoms with Gasteiger partial charge < -0.3 is 9.80 Å². The maximum absolute atomic E-state index is 5.93. The molecule has 1 aliphatic rings. The summed E-state index contributed by atoms with van der Waals surface area (Å²) in [6.45, 7) is 5.73. The molecule has 6 heteroatoms. The summed E-state index contributed by atoms with van der Waals surface area (Å²) in [4.78, 5) is 13.0. The fourth-order valence-electron chi connectivity index (χ4n) is 2.56. The van der Waals surface area contributed by atoms with E-state index in [0.29, 0.717) is 5.28 Å². The highest BCUT2D eigenvalue weighted by Crippen LogP contribution is 2.23. The Morgan fingerprint density at radius 2 is 1.57 bits per heavy atom. The van der Waals surface area contributed by atoms with E-state index in [1.54, 1.807) is 6.20 Å². The minimum absolute atomic E-state index is 0.302. The Bertz CT molecular complexity index is 622. The van der Waals surface area contributed by atoms with E-state index in [-0.39, 0.29) is 0 Å². The molecule has 0 atom stereocenters. The summed E-state index contributed by atoms with van der Waals surface area (Å²) in [7, 11) is 0. The lowest BCUT2D eigenvalue weighted by molar-refractivity contribution is 0.645. The van der Waals surface area contributed by atoms with Crippen LogP contribution in [0.15, 0.2) is 30.5 Å². The van der Waals surface area contributed by atoms with Gasteiger partial charge in [-0.15, -0.1) is 0 Å².